The third kappa shape index (κ3) is 5.45. The number of thioether (sulfide) groups is 2. The number of nitrogens with two attached hydrogens (primary N) is 4. The molecule has 2 heterocycles. The quantitative estimate of drug-likeness (QED) is 0.329. The standard InChI is InChI=1S/C12H18N8S2/c13-7-5-8(14)18-11(17-7)21-3-1-2-4-22-12-19-9(15)6-10(16)20-12/h5-6H,1-4H2,(H4,13,14,17,18)(H4,15,16,19,20). The van der Waals surface area contributed by atoms with Gasteiger partial charge in [0, 0.05) is 23.6 Å². The van der Waals surface area contributed by atoms with E-state index >= 15 is 0 Å². The van der Waals surface area contributed by atoms with Crippen LogP contribution < -0.4 is 22.9 Å². The van der Waals surface area contributed by atoms with Gasteiger partial charge in [-0.25, -0.2) is 19.9 Å². The SMILES string of the molecule is Nc1cc(N)nc(SCCCCSc2nc(N)cc(N)n2)n1. The van der Waals surface area contributed by atoms with Crippen LogP contribution in [0, 0.1) is 0 Å². The molecular formula is C12H18N8S2. The fourth-order valence-corrected chi connectivity index (χ4v) is 3.33. The van der Waals surface area contributed by atoms with Gasteiger partial charge >= 0.3 is 0 Å². The van der Waals surface area contributed by atoms with Crippen LogP contribution in [-0.4, -0.2) is 31.4 Å². The van der Waals surface area contributed by atoms with Crippen molar-refractivity contribution >= 4 is 46.8 Å². The van der Waals surface area contributed by atoms with Crippen LogP contribution in [-0.2, 0) is 0 Å². The van der Waals surface area contributed by atoms with Gasteiger partial charge in [0.2, 0.25) is 0 Å². The van der Waals surface area contributed by atoms with E-state index in [2.05, 4.69) is 19.9 Å². The number of hydrogen-bond acceptors (Lipinski definition) is 10. The van der Waals surface area contributed by atoms with Crippen molar-refractivity contribution in [3.63, 3.8) is 0 Å². The van der Waals surface area contributed by atoms with Crippen LogP contribution in [0.2, 0.25) is 0 Å². The van der Waals surface area contributed by atoms with Gasteiger partial charge in [0.1, 0.15) is 23.3 Å². The van der Waals surface area contributed by atoms with Crippen LogP contribution in [0.1, 0.15) is 12.8 Å². The van der Waals surface area contributed by atoms with Crippen molar-refractivity contribution < 1.29 is 0 Å². The first-order valence-electron chi connectivity index (χ1n) is 6.58. The summed E-state index contributed by atoms with van der Waals surface area (Å²) in [5.74, 6) is 3.35. The van der Waals surface area contributed by atoms with Crippen molar-refractivity contribution in [3.8, 4) is 0 Å². The Morgan fingerprint density at radius 1 is 0.636 bits per heavy atom. The van der Waals surface area contributed by atoms with Crippen molar-refractivity contribution in [3.05, 3.63) is 12.1 Å². The fourth-order valence-electron chi connectivity index (χ4n) is 1.58. The molecule has 0 aliphatic rings. The second kappa shape index (κ2) is 7.90. The molecule has 10 heteroatoms. The van der Waals surface area contributed by atoms with E-state index in [1.807, 2.05) is 0 Å². The number of anilines is 4. The molecule has 0 bridgehead atoms. The van der Waals surface area contributed by atoms with Gasteiger partial charge in [-0.15, -0.1) is 0 Å². The Labute approximate surface area is 136 Å². The van der Waals surface area contributed by atoms with E-state index < -0.39 is 0 Å². The zero-order valence-electron chi connectivity index (χ0n) is 11.9. The molecule has 2 aromatic rings. The van der Waals surface area contributed by atoms with Gasteiger partial charge < -0.3 is 22.9 Å². The van der Waals surface area contributed by atoms with Crippen LogP contribution in [0.5, 0.6) is 0 Å². The molecule has 0 unspecified atom stereocenters. The number of hydrogen-bond donors (Lipinski definition) is 4. The summed E-state index contributed by atoms with van der Waals surface area (Å²) >= 11 is 3.07. The molecule has 2 aromatic heterocycles. The Morgan fingerprint density at radius 2 is 0.955 bits per heavy atom. The molecule has 0 spiro atoms. The lowest BCUT2D eigenvalue weighted by molar-refractivity contribution is 0.892. The molecule has 0 aliphatic heterocycles. The van der Waals surface area contributed by atoms with Crippen LogP contribution in [0.15, 0.2) is 22.4 Å². The Bertz CT molecular complexity index is 541. The molecule has 0 aromatic carbocycles. The highest BCUT2D eigenvalue weighted by molar-refractivity contribution is 7.99. The van der Waals surface area contributed by atoms with Gasteiger partial charge in [-0.2, -0.15) is 0 Å². The number of nitrogens with zero attached hydrogens (tertiary/aromatic N) is 4. The summed E-state index contributed by atoms with van der Waals surface area (Å²) in [6.07, 6.45) is 2.01. The summed E-state index contributed by atoms with van der Waals surface area (Å²) in [7, 11) is 0. The molecule has 0 aliphatic carbocycles. The maximum Gasteiger partial charge on any atom is 0.191 e. The lowest BCUT2D eigenvalue weighted by Gasteiger charge is -2.04. The third-order valence-electron chi connectivity index (χ3n) is 2.49. The molecular weight excluding hydrogens is 320 g/mol. The van der Waals surface area contributed by atoms with E-state index in [-0.39, 0.29) is 0 Å². The van der Waals surface area contributed by atoms with Crippen molar-refractivity contribution in [1.82, 2.24) is 19.9 Å². The van der Waals surface area contributed by atoms with Crippen molar-refractivity contribution in [2.24, 2.45) is 0 Å². The largest absolute Gasteiger partial charge is 0.383 e. The smallest absolute Gasteiger partial charge is 0.191 e. The number of unbranched alkanes of at least 4 members (excludes halogenated alkanes) is 1. The molecule has 118 valence electrons. The van der Waals surface area contributed by atoms with Crippen LogP contribution in [0.3, 0.4) is 0 Å². The Balaban J connectivity index is 1.67. The molecule has 0 atom stereocenters. The first kappa shape index (κ1) is 16.4. The third-order valence-corrected chi connectivity index (χ3v) is 4.36. The second-order valence-electron chi connectivity index (χ2n) is 4.40. The predicted molar refractivity (Wildman–Crippen MR) is 92.4 cm³/mol. The minimum Gasteiger partial charge on any atom is -0.383 e. The molecule has 0 fully saturated rings. The molecule has 0 amide bonds. The van der Waals surface area contributed by atoms with E-state index in [4.69, 9.17) is 22.9 Å². The minimum atomic E-state index is 0.391. The van der Waals surface area contributed by atoms with Crippen molar-refractivity contribution in [2.75, 3.05) is 34.4 Å². The van der Waals surface area contributed by atoms with E-state index in [0.29, 0.717) is 33.6 Å². The Hall–Kier alpha value is -1.94. The predicted octanol–water partition coefficient (Wildman–Crippen LogP) is 1.26. The first-order chi connectivity index (χ1) is 10.5. The number of nitrogen functional groups attached to an aromatic ring is 4. The molecule has 8 N–H and O–H groups in total. The normalized spacial score (nSPS) is 10.7. The Kier molecular flexibility index (Phi) is 5.90. The first-order valence-corrected chi connectivity index (χ1v) is 8.56. The summed E-state index contributed by atoms with van der Waals surface area (Å²) in [6.45, 7) is 0. The van der Waals surface area contributed by atoms with Gasteiger partial charge in [0.25, 0.3) is 0 Å². The zero-order chi connectivity index (χ0) is 15.9. The second-order valence-corrected chi connectivity index (χ2v) is 6.53. The summed E-state index contributed by atoms with van der Waals surface area (Å²) in [5, 5.41) is 1.22. The average molecular weight is 338 g/mol. The van der Waals surface area contributed by atoms with Crippen LogP contribution in [0.25, 0.3) is 0 Å². The molecule has 0 saturated heterocycles. The van der Waals surface area contributed by atoms with Crippen LogP contribution >= 0.6 is 23.5 Å². The van der Waals surface area contributed by atoms with Gasteiger partial charge in [-0.1, -0.05) is 23.5 Å². The molecule has 22 heavy (non-hydrogen) atoms. The summed E-state index contributed by atoms with van der Waals surface area (Å²) < 4.78 is 0. The van der Waals surface area contributed by atoms with E-state index in [1.165, 1.54) is 35.7 Å². The summed E-state index contributed by atoms with van der Waals surface area (Å²) in [4.78, 5) is 16.5. The van der Waals surface area contributed by atoms with E-state index in [1.54, 1.807) is 0 Å². The van der Waals surface area contributed by atoms with Crippen LogP contribution in [0.4, 0.5) is 23.3 Å². The van der Waals surface area contributed by atoms with Crippen molar-refractivity contribution in [1.29, 1.82) is 0 Å². The monoisotopic (exact) mass is 338 g/mol. The highest BCUT2D eigenvalue weighted by atomic mass is 32.2. The molecule has 2 rings (SSSR count). The summed E-state index contributed by atoms with van der Waals surface area (Å²) in [5.41, 5.74) is 22.5. The van der Waals surface area contributed by atoms with Crippen molar-refractivity contribution in [2.45, 2.75) is 23.2 Å². The maximum atomic E-state index is 5.62. The fraction of sp³-hybridized carbons (Fsp3) is 0.333. The zero-order valence-corrected chi connectivity index (χ0v) is 13.5. The number of rotatable bonds is 7. The highest BCUT2D eigenvalue weighted by Crippen LogP contribution is 2.20. The van der Waals surface area contributed by atoms with Gasteiger partial charge in [-0.05, 0) is 12.8 Å². The lowest BCUT2D eigenvalue weighted by atomic mass is 10.4. The molecule has 8 nitrogen and oxygen atoms in total. The minimum absolute atomic E-state index is 0.391. The average Bonchev–Trinajstić information content (AvgIpc) is 2.40. The molecule has 0 saturated carbocycles. The van der Waals surface area contributed by atoms with Gasteiger partial charge in [0.05, 0.1) is 0 Å². The lowest BCUT2D eigenvalue weighted by Crippen LogP contribution is -2.00. The Morgan fingerprint density at radius 3 is 1.27 bits per heavy atom. The number of aromatic nitrogens is 4. The van der Waals surface area contributed by atoms with Gasteiger partial charge in [0.15, 0.2) is 10.3 Å². The highest BCUT2D eigenvalue weighted by Gasteiger charge is 2.03. The van der Waals surface area contributed by atoms with E-state index in [9.17, 15) is 0 Å². The molecule has 0 radical (unpaired) electrons. The van der Waals surface area contributed by atoms with Gasteiger partial charge in [-0.3, -0.25) is 0 Å². The summed E-state index contributed by atoms with van der Waals surface area (Å²) in [6, 6.07) is 3.08. The maximum absolute atomic E-state index is 5.62. The topological polar surface area (TPSA) is 156 Å². The van der Waals surface area contributed by atoms with E-state index in [0.717, 1.165) is 24.3 Å².